The van der Waals surface area contributed by atoms with Gasteiger partial charge in [-0.15, -0.1) is 0 Å². The Hall–Kier alpha value is -1.49. The number of carbonyl (C=O) groups excluding carboxylic acids is 1. The van der Waals surface area contributed by atoms with E-state index >= 15 is 0 Å². The number of pyridine rings is 1. The summed E-state index contributed by atoms with van der Waals surface area (Å²) in [4.78, 5) is 18.0. The summed E-state index contributed by atoms with van der Waals surface area (Å²) in [5.74, 6) is 0.324. The molecule has 4 nitrogen and oxygen atoms in total. The first-order valence-electron chi connectivity index (χ1n) is 6.25. The molecular weight excluding hydrogens is 233 g/mol. The molecule has 0 bridgehead atoms. The number of piperidine rings is 1. The van der Waals surface area contributed by atoms with Gasteiger partial charge in [-0.05, 0) is 38.6 Å². The van der Waals surface area contributed by atoms with E-state index < -0.39 is 0 Å². The van der Waals surface area contributed by atoms with Crippen LogP contribution in [0.25, 0.3) is 0 Å². The Morgan fingerprint density at radius 2 is 2.39 bits per heavy atom. The van der Waals surface area contributed by atoms with Crippen molar-refractivity contribution in [1.82, 2.24) is 9.88 Å². The van der Waals surface area contributed by atoms with Crippen molar-refractivity contribution in [3.05, 3.63) is 24.1 Å². The number of nitrogens with one attached hydrogen (secondary N) is 1. The Kier molecular flexibility index (Phi) is 4.25. The van der Waals surface area contributed by atoms with E-state index in [-0.39, 0.29) is 24.2 Å². The SMILES string of the molecule is CN1CCCC[C@H]1C(=O)CNc1ccc(F)cn1. The molecule has 1 aliphatic heterocycles. The Labute approximate surface area is 106 Å². The number of Topliss-reactive ketones (excluding diaryl/α,β-unsaturated/α-hetero) is 1. The standard InChI is InChI=1S/C13H18FN3O/c1-17-7-3-2-4-11(17)12(18)9-16-13-6-5-10(14)8-15-13/h5-6,8,11H,2-4,7,9H2,1H3,(H,15,16)/t11-/m0/s1. The first-order chi connectivity index (χ1) is 8.66. The zero-order chi connectivity index (χ0) is 13.0. The molecule has 2 heterocycles. The van der Waals surface area contributed by atoms with Gasteiger partial charge in [-0.3, -0.25) is 9.69 Å². The quantitative estimate of drug-likeness (QED) is 0.884. The zero-order valence-corrected chi connectivity index (χ0v) is 10.5. The number of likely N-dealkylation sites (N-methyl/N-ethyl adjacent to an activating group) is 1. The summed E-state index contributed by atoms with van der Waals surface area (Å²) in [5.41, 5.74) is 0. The number of halogens is 1. The molecule has 0 aliphatic carbocycles. The van der Waals surface area contributed by atoms with E-state index in [9.17, 15) is 9.18 Å². The maximum Gasteiger partial charge on any atom is 0.168 e. The molecular formula is C13H18FN3O. The van der Waals surface area contributed by atoms with Crippen LogP contribution in [0, 0.1) is 5.82 Å². The van der Waals surface area contributed by atoms with Gasteiger partial charge in [0.15, 0.2) is 5.78 Å². The van der Waals surface area contributed by atoms with E-state index in [1.165, 1.54) is 12.1 Å². The van der Waals surface area contributed by atoms with E-state index in [0.29, 0.717) is 5.82 Å². The van der Waals surface area contributed by atoms with Gasteiger partial charge in [0.2, 0.25) is 0 Å². The fourth-order valence-corrected chi connectivity index (χ4v) is 2.26. The first kappa shape index (κ1) is 13.0. The summed E-state index contributed by atoms with van der Waals surface area (Å²) in [6.07, 6.45) is 4.33. The van der Waals surface area contributed by atoms with E-state index in [4.69, 9.17) is 0 Å². The van der Waals surface area contributed by atoms with Gasteiger partial charge < -0.3 is 5.32 Å². The summed E-state index contributed by atoms with van der Waals surface area (Å²) < 4.78 is 12.7. The average Bonchev–Trinajstić information content (AvgIpc) is 2.38. The van der Waals surface area contributed by atoms with Crippen LogP contribution in [0.2, 0.25) is 0 Å². The van der Waals surface area contributed by atoms with Gasteiger partial charge in [0.25, 0.3) is 0 Å². The lowest BCUT2D eigenvalue weighted by Gasteiger charge is -2.31. The van der Waals surface area contributed by atoms with Crippen molar-refractivity contribution < 1.29 is 9.18 Å². The monoisotopic (exact) mass is 251 g/mol. The van der Waals surface area contributed by atoms with E-state index in [1.807, 2.05) is 7.05 Å². The molecule has 1 aliphatic rings. The highest BCUT2D eigenvalue weighted by Crippen LogP contribution is 2.15. The van der Waals surface area contributed by atoms with Gasteiger partial charge in [-0.2, -0.15) is 0 Å². The van der Waals surface area contributed by atoms with E-state index in [0.717, 1.165) is 32.0 Å². The Balaban J connectivity index is 1.85. The molecule has 1 aromatic heterocycles. The molecule has 5 heteroatoms. The largest absolute Gasteiger partial charge is 0.363 e. The summed E-state index contributed by atoms with van der Waals surface area (Å²) in [5, 5.41) is 2.94. The van der Waals surface area contributed by atoms with Crippen LogP contribution in [-0.2, 0) is 4.79 Å². The summed E-state index contributed by atoms with van der Waals surface area (Å²) in [7, 11) is 1.98. The minimum Gasteiger partial charge on any atom is -0.363 e. The average molecular weight is 251 g/mol. The molecule has 0 spiro atoms. The highest BCUT2D eigenvalue weighted by atomic mass is 19.1. The van der Waals surface area contributed by atoms with Gasteiger partial charge in [0.1, 0.15) is 11.6 Å². The Morgan fingerprint density at radius 1 is 1.56 bits per heavy atom. The lowest BCUT2D eigenvalue weighted by molar-refractivity contribution is -0.123. The number of rotatable bonds is 4. The van der Waals surface area contributed by atoms with Crippen LogP contribution >= 0.6 is 0 Å². The molecule has 0 saturated carbocycles. The van der Waals surface area contributed by atoms with Crippen molar-refractivity contribution in [2.45, 2.75) is 25.3 Å². The van der Waals surface area contributed by atoms with Crippen LogP contribution in [0.5, 0.6) is 0 Å². The summed E-state index contributed by atoms with van der Waals surface area (Å²) in [6, 6.07) is 2.87. The van der Waals surface area contributed by atoms with Crippen molar-refractivity contribution in [2.24, 2.45) is 0 Å². The minimum absolute atomic E-state index is 0.00620. The lowest BCUT2D eigenvalue weighted by Crippen LogP contribution is -2.44. The third-order valence-electron chi connectivity index (χ3n) is 3.31. The lowest BCUT2D eigenvalue weighted by atomic mass is 9.99. The fraction of sp³-hybridized carbons (Fsp3) is 0.538. The highest BCUT2D eigenvalue weighted by molar-refractivity contribution is 5.87. The highest BCUT2D eigenvalue weighted by Gasteiger charge is 2.25. The third kappa shape index (κ3) is 3.26. The van der Waals surface area contributed by atoms with Crippen molar-refractivity contribution in [3.63, 3.8) is 0 Å². The van der Waals surface area contributed by atoms with Gasteiger partial charge in [-0.25, -0.2) is 9.37 Å². The zero-order valence-electron chi connectivity index (χ0n) is 10.5. The predicted molar refractivity (Wildman–Crippen MR) is 68.0 cm³/mol. The molecule has 1 saturated heterocycles. The molecule has 1 fully saturated rings. The molecule has 98 valence electrons. The first-order valence-corrected chi connectivity index (χ1v) is 6.25. The van der Waals surface area contributed by atoms with Gasteiger partial charge in [-0.1, -0.05) is 6.42 Å². The van der Waals surface area contributed by atoms with Crippen molar-refractivity contribution in [2.75, 3.05) is 25.5 Å². The molecule has 18 heavy (non-hydrogen) atoms. The molecule has 0 amide bonds. The molecule has 0 aromatic carbocycles. The number of ketones is 1. The molecule has 1 N–H and O–H groups in total. The minimum atomic E-state index is -0.376. The second kappa shape index (κ2) is 5.91. The smallest absolute Gasteiger partial charge is 0.168 e. The van der Waals surface area contributed by atoms with E-state index in [2.05, 4.69) is 15.2 Å². The van der Waals surface area contributed by atoms with Gasteiger partial charge in [0, 0.05) is 0 Å². The number of hydrogen-bond donors (Lipinski definition) is 1. The molecule has 1 atom stereocenters. The Morgan fingerprint density at radius 3 is 3.06 bits per heavy atom. The third-order valence-corrected chi connectivity index (χ3v) is 3.31. The number of anilines is 1. The van der Waals surface area contributed by atoms with Crippen LogP contribution < -0.4 is 5.32 Å². The number of carbonyl (C=O) groups is 1. The van der Waals surface area contributed by atoms with Crippen LogP contribution in [0.3, 0.4) is 0 Å². The second-order valence-electron chi connectivity index (χ2n) is 4.67. The Bertz CT molecular complexity index is 407. The second-order valence-corrected chi connectivity index (χ2v) is 4.67. The predicted octanol–water partition coefficient (Wildman–Crippen LogP) is 1.69. The van der Waals surface area contributed by atoms with Crippen LogP contribution in [0.4, 0.5) is 10.2 Å². The van der Waals surface area contributed by atoms with Crippen molar-refractivity contribution in [3.8, 4) is 0 Å². The maximum atomic E-state index is 12.7. The van der Waals surface area contributed by atoms with E-state index in [1.54, 1.807) is 0 Å². The van der Waals surface area contributed by atoms with Gasteiger partial charge >= 0.3 is 0 Å². The number of hydrogen-bond acceptors (Lipinski definition) is 4. The summed E-state index contributed by atoms with van der Waals surface area (Å²) in [6.45, 7) is 1.22. The molecule has 0 unspecified atom stereocenters. The maximum absolute atomic E-state index is 12.7. The fourth-order valence-electron chi connectivity index (χ4n) is 2.26. The van der Waals surface area contributed by atoms with Crippen LogP contribution in [0.1, 0.15) is 19.3 Å². The molecule has 2 rings (SSSR count). The van der Waals surface area contributed by atoms with Gasteiger partial charge in [0.05, 0.1) is 18.8 Å². The van der Waals surface area contributed by atoms with Crippen LogP contribution in [-0.4, -0.2) is 41.8 Å². The normalized spacial score (nSPS) is 20.7. The van der Waals surface area contributed by atoms with Crippen molar-refractivity contribution in [1.29, 1.82) is 0 Å². The summed E-state index contributed by atoms with van der Waals surface area (Å²) >= 11 is 0. The molecule has 0 radical (unpaired) electrons. The number of likely N-dealkylation sites (tertiary alicyclic amines) is 1. The topological polar surface area (TPSA) is 45.2 Å². The molecule has 1 aromatic rings. The number of aromatic nitrogens is 1. The van der Waals surface area contributed by atoms with Crippen LogP contribution in [0.15, 0.2) is 18.3 Å². The van der Waals surface area contributed by atoms with Crippen molar-refractivity contribution >= 4 is 11.6 Å². The number of nitrogens with zero attached hydrogens (tertiary/aromatic N) is 2.